The molecule has 0 spiro atoms. The lowest BCUT2D eigenvalue weighted by Crippen LogP contribution is -2.30. The first-order valence-corrected chi connectivity index (χ1v) is 5.54. The lowest BCUT2D eigenvalue weighted by atomic mass is 9.99. The van der Waals surface area contributed by atoms with Gasteiger partial charge in [-0.1, -0.05) is 19.1 Å². The predicted octanol–water partition coefficient (Wildman–Crippen LogP) is 2.31. The number of hydrogen-bond acceptors (Lipinski definition) is 2. The third-order valence-electron chi connectivity index (χ3n) is 2.99. The highest BCUT2D eigenvalue weighted by Crippen LogP contribution is 2.28. The third-order valence-corrected chi connectivity index (χ3v) is 2.99. The van der Waals surface area contributed by atoms with Crippen LogP contribution in [0, 0.1) is 13.8 Å². The zero-order chi connectivity index (χ0) is 11.9. The smallest absolute Gasteiger partial charge is 0.261 e. The van der Waals surface area contributed by atoms with Crippen molar-refractivity contribution in [1.82, 2.24) is 4.90 Å². The van der Waals surface area contributed by atoms with Crippen molar-refractivity contribution in [2.24, 2.45) is 0 Å². The molecule has 1 heterocycles. The molecule has 0 atom stereocenters. The lowest BCUT2D eigenvalue weighted by molar-refractivity contribution is 0.0654. The highest BCUT2D eigenvalue weighted by molar-refractivity contribution is 6.22. The van der Waals surface area contributed by atoms with Crippen LogP contribution in [0.3, 0.4) is 0 Å². The van der Waals surface area contributed by atoms with E-state index in [1.807, 2.05) is 32.9 Å². The van der Waals surface area contributed by atoms with E-state index in [4.69, 9.17) is 0 Å². The molecular formula is C13H15NO2. The van der Waals surface area contributed by atoms with Gasteiger partial charge >= 0.3 is 0 Å². The van der Waals surface area contributed by atoms with Crippen LogP contribution >= 0.6 is 0 Å². The minimum Gasteiger partial charge on any atom is -0.274 e. The van der Waals surface area contributed by atoms with Crippen molar-refractivity contribution in [3.05, 3.63) is 34.4 Å². The molecule has 0 radical (unpaired) electrons. The van der Waals surface area contributed by atoms with Gasteiger partial charge in [-0.3, -0.25) is 14.5 Å². The fraction of sp³-hybridized carbons (Fsp3) is 0.385. The van der Waals surface area contributed by atoms with Crippen LogP contribution in [0.2, 0.25) is 0 Å². The van der Waals surface area contributed by atoms with Gasteiger partial charge in [-0.15, -0.1) is 0 Å². The maximum Gasteiger partial charge on any atom is 0.261 e. The van der Waals surface area contributed by atoms with Crippen molar-refractivity contribution in [1.29, 1.82) is 0 Å². The Bertz CT molecular complexity index is 436. The number of amides is 2. The van der Waals surface area contributed by atoms with E-state index < -0.39 is 0 Å². The van der Waals surface area contributed by atoms with Gasteiger partial charge in [0, 0.05) is 6.54 Å². The molecule has 1 aliphatic rings. The zero-order valence-electron chi connectivity index (χ0n) is 9.83. The van der Waals surface area contributed by atoms with Crippen LogP contribution in [0.4, 0.5) is 0 Å². The first kappa shape index (κ1) is 10.9. The van der Waals surface area contributed by atoms with Crippen LogP contribution in [0.1, 0.15) is 45.2 Å². The van der Waals surface area contributed by atoms with E-state index in [2.05, 4.69) is 0 Å². The summed E-state index contributed by atoms with van der Waals surface area (Å²) in [5.74, 6) is -0.272. The molecule has 1 aromatic carbocycles. The number of imide groups is 1. The Labute approximate surface area is 95.1 Å². The molecule has 0 aliphatic carbocycles. The minimum atomic E-state index is -0.136. The van der Waals surface area contributed by atoms with Gasteiger partial charge in [-0.05, 0) is 31.4 Å². The molecule has 16 heavy (non-hydrogen) atoms. The molecule has 2 amide bonds. The van der Waals surface area contributed by atoms with Crippen molar-refractivity contribution < 1.29 is 9.59 Å². The molecule has 3 heteroatoms. The molecule has 0 fully saturated rings. The summed E-state index contributed by atoms with van der Waals surface area (Å²) in [6.07, 6.45) is 0.795. The quantitative estimate of drug-likeness (QED) is 0.713. The molecule has 0 bridgehead atoms. The van der Waals surface area contributed by atoms with Crippen LogP contribution in [-0.2, 0) is 0 Å². The second kappa shape index (κ2) is 3.74. The van der Waals surface area contributed by atoms with E-state index in [1.165, 1.54) is 4.90 Å². The summed E-state index contributed by atoms with van der Waals surface area (Å²) in [5, 5.41) is 0. The Morgan fingerprint density at radius 2 is 1.44 bits per heavy atom. The van der Waals surface area contributed by atoms with Gasteiger partial charge in [0.25, 0.3) is 11.8 Å². The van der Waals surface area contributed by atoms with Gasteiger partial charge in [0.1, 0.15) is 0 Å². The number of aryl methyl sites for hydroxylation is 2. The van der Waals surface area contributed by atoms with Crippen LogP contribution in [-0.4, -0.2) is 23.3 Å². The molecule has 0 unspecified atom stereocenters. The van der Waals surface area contributed by atoms with Crippen LogP contribution in [0.15, 0.2) is 12.1 Å². The molecule has 0 aromatic heterocycles. The monoisotopic (exact) mass is 217 g/mol. The first-order valence-electron chi connectivity index (χ1n) is 5.54. The Hall–Kier alpha value is -1.64. The lowest BCUT2D eigenvalue weighted by Gasteiger charge is -2.11. The van der Waals surface area contributed by atoms with Gasteiger partial charge in [0.05, 0.1) is 11.1 Å². The van der Waals surface area contributed by atoms with Crippen LogP contribution in [0.25, 0.3) is 0 Å². The van der Waals surface area contributed by atoms with Crippen molar-refractivity contribution in [2.45, 2.75) is 27.2 Å². The molecule has 0 saturated heterocycles. The second-order valence-electron chi connectivity index (χ2n) is 4.21. The largest absolute Gasteiger partial charge is 0.274 e. The summed E-state index contributed by atoms with van der Waals surface area (Å²) < 4.78 is 0. The summed E-state index contributed by atoms with van der Waals surface area (Å²) in [6.45, 7) is 6.21. The van der Waals surface area contributed by atoms with Crippen molar-refractivity contribution >= 4 is 11.8 Å². The fourth-order valence-corrected chi connectivity index (χ4v) is 2.15. The highest BCUT2D eigenvalue weighted by atomic mass is 16.2. The molecule has 0 saturated carbocycles. The Morgan fingerprint density at radius 1 is 1.00 bits per heavy atom. The normalized spacial score (nSPS) is 14.6. The summed E-state index contributed by atoms with van der Waals surface area (Å²) in [6, 6.07) is 3.80. The van der Waals surface area contributed by atoms with E-state index in [0.717, 1.165) is 17.5 Å². The van der Waals surface area contributed by atoms with Gasteiger partial charge in [0.2, 0.25) is 0 Å². The molecule has 0 N–H and O–H groups in total. The van der Waals surface area contributed by atoms with E-state index in [-0.39, 0.29) is 11.8 Å². The minimum absolute atomic E-state index is 0.136. The van der Waals surface area contributed by atoms with Gasteiger partial charge < -0.3 is 0 Å². The van der Waals surface area contributed by atoms with E-state index in [0.29, 0.717) is 17.7 Å². The number of rotatable bonds is 2. The average molecular weight is 217 g/mol. The van der Waals surface area contributed by atoms with E-state index in [1.54, 1.807) is 0 Å². The second-order valence-corrected chi connectivity index (χ2v) is 4.21. The summed E-state index contributed by atoms with van der Waals surface area (Å²) in [4.78, 5) is 25.5. The number of carbonyl (C=O) groups is 2. The van der Waals surface area contributed by atoms with Crippen LogP contribution < -0.4 is 0 Å². The van der Waals surface area contributed by atoms with Gasteiger partial charge in [-0.25, -0.2) is 0 Å². The maximum atomic E-state index is 12.1. The molecule has 1 aliphatic heterocycles. The topological polar surface area (TPSA) is 37.4 Å². The Balaban J connectivity index is 2.59. The number of fused-ring (bicyclic) bond motifs is 1. The Morgan fingerprint density at radius 3 is 1.81 bits per heavy atom. The van der Waals surface area contributed by atoms with E-state index in [9.17, 15) is 9.59 Å². The number of benzene rings is 1. The van der Waals surface area contributed by atoms with Crippen molar-refractivity contribution in [3.8, 4) is 0 Å². The first-order chi connectivity index (χ1) is 7.57. The predicted molar refractivity (Wildman–Crippen MR) is 61.6 cm³/mol. The summed E-state index contributed by atoms with van der Waals surface area (Å²) >= 11 is 0. The number of hydrogen-bond donors (Lipinski definition) is 0. The summed E-state index contributed by atoms with van der Waals surface area (Å²) in [7, 11) is 0. The molecule has 2 rings (SSSR count). The van der Waals surface area contributed by atoms with E-state index >= 15 is 0 Å². The average Bonchev–Trinajstić information content (AvgIpc) is 2.50. The van der Waals surface area contributed by atoms with Gasteiger partial charge in [-0.2, -0.15) is 0 Å². The molecule has 84 valence electrons. The van der Waals surface area contributed by atoms with Crippen LogP contribution in [0.5, 0.6) is 0 Å². The van der Waals surface area contributed by atoms with Crippen molar-refractivity contribution in [3.63, 3.8) is 0 Å². The molecule has 3 nitrogen and oxygen atoms in total. The zero-order valence-corrected chi connectivity index (χ0v) is 9.83. The third kappa shape index (κ3) is 1.35. The Kier molecular flexibility index (Phi) is 2.54. The standard InChI is InChI=1S/C13H15NO2/c1-4-7-14-12(15)10-8(2)5-6-9(3)11(10)13(14)16/h5-6H,4,7H2,1-3H3. The molecular weight excluding hydrogens is 202 g/mol. The van der Waals surface area contributed by atoms with Crippen molar-refractivity contribution in [2.75, 3.05) is 6.54 Å². The maximum absolute atomic E-state index is 12.1. The molecule has 1 aromatic rings. The number of carbonyl (C=O) groups excluding carboxylic acids is 2. The SMILES string of the molecule is CCCN1C(=O)c2c(C)ccc(C)c2C1=O. The fourth-order valence-electron chi connectivity index (χ4n) is 2.15. The van der Waals surface area contributed by atoms with Gasteiger partial charge in [0.15, 0.2) is 0 Å². The number of nitrogens with zero attached hydrogens (tertiary/aromatic N) is 1. The summed E-state index contributed by atoms with van der Waals surface area (Å²) in [5.41, 5.74) is 2.96. The highest BCUT2D eigenvalue weighted by Gasteiger charge is 2.37.